The van der Waals surface area contributed by atoms with E-state index < -0.39 is 38.9 Å². The van der Waals surface area contributed by atoms with Gasteiger partial charge in [-0.25, -0.2) is 4.79 Å². The van der Waals surface area contributed by atoms with E-state index >= 15 is 0 Å². The largest absolute Gasteiger partial charge is 0.467 e. The minimum absolute atomic E-state index is 0.210. The summed E-state index contributed by atoms with van der Waals surface area (Å²) in [5.41, 5.74) is -1.06. The number of methoxy groups -OCH3 is 1. The van der Waals surface area contributed by atoms with Crippen molar-refractivity contribution in [3.63, 3.8) is 0 Å². The van der Waals surface area contributed by atoms with Gasteiger partial charge in [0, 0.05) is 12.8 Å². The van der Waals surface area contributed by atoms with Crippen LogP contribution in [-0.2, 0) is 27.2 Å². The average molecular weight is 495 g/mol. The van der Waals surface area contributed by atoms with Crippen molar-refractivity contribution in [3.8, 4) is 0 Å². The third kappa shape index (κ3) is 9.35. The van der Waals surface area contributed by atoms with E-state index in [1.165, 1.54) is 7.11 Å². The second kappa shape index (κ2) is 9.58. The van der Waals surface area contributed by atoms with E-state index in [1.54, 1.807) is 0 Å². The molecule has 1 aliphatic carbocycles. The third-order valence-electron chi connectivity index (χ3n) is 4.35. The van der Waals surface area contributed by atoms with E-state index in [1.807, 2.05) is 0 Å². The molecule has 0 unspecified atom stereocenters. The highest BCUT2D eigenvalue weighted by atomic mass is 28.4. The van der Waals surface area contributed by atoms with Crippen LogP contribution in [0.5, 0.6) is 0 Å². The standard InChI is InChI=1S/C20H46O6Si4/c1-22-19(21)20(26-30(11,12)13)14-16(23-27(2,3)4)18(25-29(8,9)10)17(15-20)24-28(5,6)7/h16-18H,14-15H2,1-13H3/t16-,17-,18?,20?/m0/s1. The Balaban J connectivity index is 3.54. The first-order valence-electron chi connectivity index (χ1n) is 11.0. The van der Waals surface area contributed by atoms with Crippen LogP contribution < -0.4 is 0 Å². The molecule has 0 spiro atoms. The van der Waals surface area contributed by atoms with Crippen molar-refractivity contribution in [3.05, 3.63) is 0 Å². The number of ether oxygens (including phenoxy) is 1. The predicted octanol–water partition coefficient (Wildman–Crippen LogP) is 5.20. The lowest BCUT2D eigenvalue weighted by Gasteiger charge is -2.51. The first-order chi connectivity index (χ1) is 13.2. The number of carbonyl (C=O) groups is 1. The van der Waals surface area contributed by atoms with Crippen molar-refractivity contribution in [2.24, 2.45) is 0 Å². The molecule has 1 fully saturated rings. The van der Waals surface area contributed by atoms with Gasteiger partial charge in [-0.15, -0.1) is 0 Å². The molecule has 1 rings (SSSR count). The van der Waals surface area contributed by atoms with Crippen LogP contribution in [0.4, 0.5) is 0 Å². The minimum atomic E-state index is -2.06. The number of carbonyl (C=O) groups excluding carboxylic acids is 1. The highest BCUT2D eigenvalue weighted by molar-refractivity contribution is 6.71. The maximum Gasteiger partial charge on any atom is 0.337 e. The van der Waals surface area contributed by atoms with Gasteiger partial charge in [-0.05, 0) is 78.6 Å². The molecule has 0 aliphatic heterocycles. The molecule has 0 N–H and O–H groups in total. The van der Waals surface area contributed by atoms with E-state index in [0.717, 1.165) is 0 Å². The van der Waals surface area contributed by atoms with Gasteiger partial charge in [0.1, 0.15) is 0 Å². The fraction of sp³-hybridized carbons (Fsp3) is 0.950. The van der Waals surface area contributed by atoms with Crippen LogP contribution in [0, 0.1) is 0 Å². The Morgan fingerprint density at radius 2 is 1.03 bits per heavy atom. The smallest absolute Gasteiger partial charge is 0.337 e. The van der Waals surface area contributed by atoms with Crippen molar-refractivity contribution in [1.29, 1.82) is 0 Å². The molecule has 0 radical (unpaired) electrons. The summed E-state index contributed by atoms with van der Waals surface area (Å²) in [6.45, 7) is 25.9. The fourth-order valence-corrected chi connectivity index (χ4v) is 8.75. The Bertz CT molecular complexity index is 560. The van der Waals surface area contributed by atoms with Crippen molar-refractivity contribution in [2.45, 2.75) is 115 Å². The maximum absolute atomic E-state index is 13.1. The zero-order valence-electron chi connectivity index (χ0n) is 21.6. The molecule has 6 nitrogen and oxygen atoms in total. The normalized spacial score (nSPS) is 29.0. The van der Waals surface area contributed by atoms with Gasteiger partial charge in [0.05, 0.1) is 25.4 Å². The van der Waals surface area contributed by atoms with E-state index in [0.29, 0.717) is 12.8 Å². The summed E-state index contributed by atoms with van der Waals surface area (Å²) >= 11 is 0. The molecule has 0 aromatic rings. The fourth-order valence-electron chi connectivity index (χ4n) is 3.95. The highest BCUT2D eigenvalue weighted by Gasteiger charge is 2.56. The Morgan fingerprint density at radius 1 is 0.667 bits per heavy atom. The summed E-state index contributed by atoms with van der Waals surface area (Å²) in [4.78, 5) is 13.1. The first kappa shape index (κ1) is 28.2. The molecular formula is C20H46O6Si4. The Morgan fingerprint density at radius 3 is 1.30 bits per heavy atom. The number of hydrogen-bond donors (Lipinski definition) is 0. The molecule has 2 atom stereocenters. The van der Waals surface area contributed by atoms with Crippen LogP contribution in [0.15, 0.2) is 0 Å². The second-order valence-corrected chi connectivity index (χ2v) is 30.2. The van der Waals surface area contributed by atoms with E-state index in [2.05, 4.69) is 78.6 Å². The average Bonchev–Trinajstić information content (AvgIpc) is 2.44. The van der Waals surface area contributed by atoms with Crippen molar-refractivity contribution in [1.82, 2.24) is 0 Å². The van der Waals surface area contributed by atoms with Gasteiger partial charge >= 0.3 is 5.97 Å². The van der Waals surface area contributed by atoms with Crippen LogP contribution >= 0.6 is 0 Å². The zero-order valence-corrected chi connectivity index (χ0v) is 25.6. The summed E-state index contributed by atoms with van der Waals surface area (Å²) in [6, 6.07) is 0. The lowest BCUT2D eigenvalue weighted by atomic mass is 9.79. The monoisotopic (exact) mass is 494 g/mol. The molecule has 0 bridgehead atoms. The molecule has 0 aromatic heterocycles. The van der Waals surface area contributed by atoms with Crippen LogP contribution in [-0.4, -0.2) is 70.3 Å². The van der Waals surface area contributed by atoms with E-state index in [9.17, 15) is 4.79 Å². The van der Waals surface area contributed by atoms with Gasteiger partial charge < -0.3 is 22.4 Å². The SMILES string of the molecule is COC(=O)C1(O[Si](C)(C)C)C[C@H](O[Si](C)(C)C)C(O[Si](C)(C)C)[C@@H](O[Si](C)(C)C)C1. The van der Waals surface area contributed by atoms with Crippen LogP contribution in [0.1, 0.15) is 12.8 Å². The molecule has 10 heteroatoms. The lowest BCUT2D eigenvalue weighted by molar-refractivity contribution is -0.180. The molecule has 1 saturated carbocycles. The van der Waals surface area contributed by atoms with E-state index in [4.69, 9.17) is 22.4 Å². The van der Waals surface area contributed by atoms with Crippen LogP contribution in [0.25, 0.3) is 0 Å². The molecule has 0 amide bonds. The minimum Gasteiger partial charge on any atom is -0.467 e. The number of hydrogen-bond acceptors (Lipinski definition) is 6. The molecule has 0 saturated heterocycles. The van der Waals surface area contributed by atoms with Crippen molar-refractivity contribution < 1.29 is 27.2 Å². The topological polar surface area (TPSA) is 63.2 Å². The van der Waals surface area contributed by atoms with Gasteiger partial charge in [-0.1, -0.05) is 0 Å². The van der Waals surface area contributed by atoms with Crippen molar-refractivity contribution in [2.75, 3.05) is 7.11 Å². The Hall–Kier alpha value is 0.178. The number of rotatable bonds is 9. The molecule has 0 aromatic carbocycles. The number of esters is 1. The maximum atomic E-state index is 13.1. The second-order valence-electron chi connectivity index (χ2n) is 12.3. The van der Waals surface area contributed by atoms with Crippen LogP contribution in [0.2, 0.25) is 78.6 Å². The highest BCUT2D eigenvalue weighted by Crippen LogP contribution is 2.42. The summed E-state index contributed by atoms with van der Waals surface area (Å²) in [5, 5.41) is 0. The Kier molecular flexibility index (Phi) is 9.01. The summed E-state index contributed by atoms with van der Waals surface area (Å²) in [7, 11) is -6.35. The van der Waals surface area contributed by atoms with Gasteiger partial charge in [0.25, 0.3) is 0 Å². The van der Waals surface area contributed by atoms with Crippen molar-refractivity contribution >= 4 is 39.2 Å². The molecule has 30 heavy (non-hydrogen) atoms. The third-order valence-corrected chi connectivity index (χ3v) is 8.36. The van der Waals surface area contributed by atoms with Gasteiger partial charge in [0.15, 0.2) is 38.9 Å². The predicted molar refractivity (Wildman–Crippen MR) is 133 cm³/mol. The summed E-state index contributed by atoms with van der Waals surface area (Å²) < 4.78 is 31.8. The van der Waals surface area contributed by atoms with Gasteiger partial charge in [0.2, 0.25) is 0 Å². The molecule has 178 valence electrons. The van der Waals surface area contributed by atoms with Crippen LogP contribution in [0.3, 0.4) is 0 Å². The first-order valence-corrected chi connectivity index (χ1v) is 24.6. The van der Waals surface area contributed by atoms with E-state index in [-0.39, 0.29) is 24.3 Å². The quantitative estimate of drug-likeness (QED) is 0.324. The molecule has 1 aliphatic rings. The Labute approximate surface area is 188 Å². The molecule has 0 heterocycles. The summed E-state index contributed by atoms with van der Waals surface area (Å²) in [6.07, 6.45) is 0.130. The zero-order chi connectivity index (χ0) is 23.8. The summed E-state index contributed by atoms with van der Waals surface area (Å²) in [5.74, 6) is -0.329. The van der Waals surface area contributed by atoms with Gasteiger partial charge in [-0.3, -0.25) is 0 Å². The lowest BCUT2D eigenvalue weighted by Crippen LogP contribution is -2.65. The molecular weight excluding hydrogens is 449 g/mol. The van der Waals surface area contributed by atoms with Gasteiger partial charge in [-0.2, -0.15) is 0 Å².